The molecule has 1 saturated heterocycles. The van der Waals surface area contributed by atoms with Crippen molar-refractivity contribution in [1.29, 1.82) is 0 Å². The fourth-order valence-corrected chi connectivity index (χ4v) is 2.92. The van der Waals surface area contributed by atoms with Crippen LogP contribution in [0.2, 0.25) is 0 Å². The Hall–Kier alpha value is -1.59. The molecule has 1 heterocycles. The molecule has 0 radical (unpaired) electrons. The van der Waals surface area contributed by atoms with Crippen LogP contribution in [0.4, 0.5) is 0 Å². The molecule has 1 aromatic rings. The maximum Gasteiger partial charge on any atom is 0.141 e. The number of nitrogens with two attached hydrogens (primary N) is 1. The number of hydrogen-bond acceptors (Lipinski definition) is 4. The van der Waals surface area contributed by atoms with Gasteiger partial charge in [0.25, 0.3) is 0 Å². The van der Waals surface area contributed by atoms with Gasteiger partial charge in [-0.05, 0) is 26.5 Å². The first-order valence-electron chi connectivity index (χ1n) is 7.40. The Kier molecular flexibility index (Phi) is 4.85. The zero-order valence-electron chi connectivity index (χ0n) is 13.2. The number of likely N-dealkylation sites (N-methyl/N-ethyl adjacent to an activating group) is 1. The van der Waals surface area contributed by atoms with E-state index in [9.17, 15) is 0 Å². The monoisotopic (exact) mass is 290 g/mol. The van der Waals surface area contributed by atoms with E-state index in [0.29, 0.717) is 6.42 Å². The van der Waals surface area contributed by atoms with E-state index in [2.05, 4.69) is 48.0 Å². The van der Waals surface area contributed by atoms with Crippen LogP contribution in [0.15, 0.2) is 35.5 Å². The van der Waals surface area contributed by atoms with E-state index in [1.54, 1.807) is 0 Å². The number of rotatable bonds is 4. The van der Waals surface area contributed by atoms with E-state index in [4.69, 9.17) is 10.9 Å². The molecule has 1 aliphatic rings. The van der Waals surface area contributed by atoms with Crippen molar-refractivity contribution in [2.24, 2.45) is 10.9 Å². The smallest absolute Gasteiger partial charge is 0.141 e. The molecule has 1 atom stereocenters. The van der Waals surface area contributed by atoms with E-state index in [1.807, 2.05) is 18.2 Å². The number of nitrogens with zero attached hydrogens (tertiary/aromatic N) is 3. The highest BCUT2D eigenvalue weighted by Crippen LogP contribution is 2.29. The zero-order chi connectivity index (χ0) is 15.5. The number of hydrogen-bond donors (Lipinski definition) is 2. The van der Waals surface area contributed by atoms with Crippen LogP contribution >= 0.6 is 0 Å². The van der Waals surface area contributed by atoms with Crippen LogP contribution in [0.3, 0.4) is 0 Å². The van der Waals surface area contributed by atoms with Gasteiger partial charge in [-0.15, -0.1) is 0 Å². The largest absolute Gasteiger partial charge is 0.409 e. The minimum Gasteiger partial charge on any atom is -0.409 e. The number of benzene rings is 1. The second-order valence-electron chi connectivity index (χ2n) is 6.43. The summed E-state index contributed by atoms with van der Waals surface area (Å²) in [6, 6.07) is 10.5. The Bertz CT molecular complexity index is 486. The molecule has 21 heavy (non-hydrogen) atoms. The molecule has 116 valence electrons. The maximum absolute atomic E-state index is 8.91. The summed E-state index contributed by atoms with van der Waals surface area (Å²) in [7, 11) is 2.17. The Balaban J connectivity index is 2.24. The highest BCUT2D eigenvalue weighted by Gasteiger charge is 2.34. The normalized spacial score (nSPS) is 22.1. The van der Waals surface area contributed by atoms with Gasteiger partial charge >= 0.3 is 0 Å². The maximum atomic E-state index is 8.91. The molecular formula is C16H26N4O. The number of piperazine rings is 1. The first-order chi connectivity index (χ1) is 9.94. The molecule has 0 saturated carbocycles. The highest BCUT2D eigenvalue weighted by molar-refractivity contribution is 5.80. The van der Waals surface area contributed by atoms with E-state index in [-0.39, 0.29) is 17.4 Å². The summed E-state index contributed by atoms with van der Waals surface area (Å²) >= 11 is 0. The Morgan fingerprint density at radius 2 is 2.00 bits per heavy atom. The standard InChI is InChI=1S/C16H26N4O/c1-16(2)12-20(10-9-19(16)3)14(11-15(17)18-21)13-7-5-4-6-8-13/h4-8,14,21H,9-12H2,1-3H3,(H2,17,18). The second kappa shape index (κ2) is 6.45. The summed E-state index contributed by atoms with van der Waals surface area (Å²) in [5.74, 6) is 0.278. The van der Waals surface area contributed by atoms with Crippen molar-refractivity contribution in [3.05, 3.63) is 35.9 Å². The Morgan fingerprint density at radius 1 is 1.33 bits per heavy atom. The molecule has 5 heteroatoms. The summed E-state index contributed by atoms with van der Waals surface area (Å²) in [6.07, 6.45) is 0.542. The average Bonchev–Trinajstić information content (AvgIpc) is 2.48. The topological polar surface area (TPSA) is 65.1 Å². The molecule has 0 spiro atoms. The van der Waals surface area contributed by atoms with Gasteiger partial charge in [-0.1, -0.05) is 35.5 Å². The lowest BCUT2D eigenvalue weighted by Gasteiger charge is -2.48. The van der Waals surface area contributed by atoms with Crippen LogP contribution in [0, 0.1) is 0 Å². The van der Waals surface area contributed by atoms with Crippen molar-refractivity contribution in [2.75, 3.05) is 26.7 Å². The summed E-state index contributed by atoms with van der Waals surface area (Å²) in [4.78, 5) is 4.82. The average molecular weight is 290 g/mol. The Labute approximate surface area is 127 Å². The predicted molar refractivity (Wildman–Crippen MR) is 85.5 cm³/mol. The minimum atomic E-state index is 0.121. The van der Waals surface area contributed by atoms with Crippen LogP contribution in [0.25, 0.3) is 0 Å². The van der Waals surface area contributed by atoms with Crippen LogP contribution in [-0.4, -0.2) is 53.1 Å². The van der Waals surface area contributed by atoms with Crippen molar-refractivity contribution in [3.63, 3.8) is 0 Å². The summed E-state index contributed by atoms with van der Waals surface area (Å²) < 4.78 is 0. The van der Waals surface area contributed by atoms with Gasteiger partial charge in [0.05, 0.1) is 0 Å². The van der Waals surface area contributed by atoms with E-state index < -0.39 is 0 Å². The number of amidine groups is 1. The van der Waals surface area contributed by atoms with Crippen LogP contribution in [0.5, 0.6) is 0 Å². The van der Waals surface area contributed by atoms with Gasteiger partial charge in [-0.3, -0.25) is 9.80 Å². The zero-order valence-corrected chi connectivity index (χ0v) is 13.2. The fourth-order valence-electron chi connectivity index (χ4n) is 2.92. The van der Waals surface area contributed by atoms with Gasteiger partial charge < -0.3 is 10.9 Å². The summed E-state index contributed by atoms with van der Waals surface area (Å²) in [6.45, 7) is 7.47. The number of oxime groups is 1. The van der Waals surface area contributed by atoms with Crippen molar-refractivity contribution >= 4 is 5.84 Å². The van der Waals surface area contributed by atoms with Gasteiger partial charge in [-0.25, -0.2) is 0 Å². The minimum absolute atomic E-state index is 0.121. The first-order valence-corrected chi connectivity index (χ1v) is 7.40. The van der Waals surface area contributed by atoms with Crippen LogP contribution in [0.1, 0.15) is 31.9 Å². The molecule has 1 fully saturated rings. The van der Waals surface area contributed by atoms with Crippen LogP contribution < -0.4 is 5.73 Å². The second-order valence-corrected chi connectivity index (χ2v) is 6.43. The highest BCUT2D eigenvalue weighted by atomic mass is 16.4. The molecule has 5 nitrogen and oxygen atoms in total. The van der Waals surface area contributed by atoms with Crippen molar-refractivity contribution < 1.29 is 5.21 Å². The van der Waals surface area contributed by atoms with Gasteiger partial charge in [0.1, 0.15) is 5.84 Å². The molecule has 0 bridgehead atoms. The van der Waals surface area contributed by atoms with Gasteiger partial charge in [0.2, 0.25) is 0 Å². The first kappa shape index (κ1) is 15.8. The van der Waals surface area contributed by atoms with Gasteiger partial charge in [0.15, 0.2) is 0 Å². The molecule has 1 unspecified atom stereocenters. The fraction of sp³-hybridized carbons (Fsp3) is 0.562. The quantitative estimate of drug-likeness (QED) is 0.385. The molecular weight excluding hydrogens is 264 g/mol. The predicted octanol–water partition coefficient (Wildman–Crippen LogP) is 1.89. The Morgan fingerprint density at radius 3 is 2.57 bits per heavy atom. The molecule has 0 amide bonds. The van der Waals surface area contributed by atoms with E-state index in [1.165, 1.54) is 5.56 Å². The lowest BCUT2D eigenvalue weighted by Crippen LogP contribution is -2.58. The lowest BCUT2D eigenvalue weighted by atomic mass is 9.94. The molecule has 0 aliphatic carbocycles. The van der Waals surface area contributed by atoms with Crippen molar-refractivity contribution in [1.82, 2.24) is 9.80 Å². The van der Waals surface area contributed by atoms with E-state index in [0.717, 1.165) is 19.6 Å². The third-order valence-corrected chi connectivity index (χ3v) is 4.50. The SMILES string of the molecule is CN1CCN(C(CC(N)=NO)c2ccccc2)CC1(C)C. The van der Waals surface area contributed by atoms with E-state index >= 15 is 0 Å². The molecule has 0 aromatic heterocycles. The molecule has 2 rings (SSSR count). The third-order valence-electron chi connectivity index (χ3n) is 4.50. The third kappa shape index (κ3) is 3.74. The van der Waals surface area contributed by atoms with Gasteiger partial charge in [-0.2, -0.15) is 0 Å². The summed E-state index contributed by atoms with van der Waals surface area (Å²) in [5.41, 5.74) is 7.11. The van der Waals surface area contributed by atoms with Crippen LogP contribution in [-0.2, 0) is 0 Å². The van der Waals surface area contributed by atoms with Gasteiger partial charge in [0, 0.05) is 37.6 Å². The van der Waals surface area contributed by atoms with Crippen molar-refractivity contribution in [3.8, 4) is 0 Å². The molecule has 1 aliphatic heterocycles. The molecule has 3 N–H and O–H groups in total. The van der Waals surface area contributed by atoms with Crippen molar-refractivity contribution in [2.45, 2.75) is 31.8 Å². The summed E-state index contributed by atoms with van der Waals surface area (Å²) in [5, 5.41) is 12.1. The lowest BCUT2D eigenvalue weighted by molar-refractivity contribution is 0.0174. The molecule has 1 aromatic carbocycles.